The maximum absolute atomic E-state index is 11.3. The van der Waals surface area contributed by atoms with E-state index in [1.165, 1.54) is 7.11 Å². The zero-order valence-corrected chi connectivity index (χ0v) is 10.9. The van der Waals surface area contributed by atoms with Gasteiger partial charge >= 0.3 is 5.97 Å². The first-order valence-corrected chi connectivity index (χ1v) is 6.00. The predicted octanol–water partition coefficient (Wildman–Crippen LogP) is 1.84. The molecule has 0 aliphatic carbocycles. The van der Waals surface area contributed by atoms with Crippen LogP contribution in [0.4, 0.5) is 0 Å². The first-order chi connectivity index (χ1) is 7.34. The highest BCUT2D eigenvalue weighted by Gasteiger charge is 2.31. The quantitative estimate of drug-likeness (QED) is 0.818. The molecular formula is C11H18N2O2S. The summed E-state index contributed by atoms with van der Waals surface area (Å²) in [7, 11) is 1.38. The van der Waals surface area contributed by atoms with Crippen LogP contribution in [0.15, 0.2) is 5.38 Å². The number of hydrogen-bond donors (Lipinski definition) is 1. The van der Waals surface area contributed by atoms with Crippen LogP contribution in [0.5, 0.6) is 0 Å². The monoisotopic (exact) mass is 242 g/mol. The van der Waals surface area contributed by atoms with Crippen LogP contribution >= 0.6 is 11.3 Å². The van der Waals surface area contributed by atoms with E-state index in [0.29, 0.717) is 0 Å². The van der Waals surface area contributed by atoms with E-state index in [1.54, 1.807) is 11.3 Å². The molecule has 1 heterocycles. The van der Waals surface area contributed by atoms with Crippen LogP contribution in [0.1, 0.15) is 36.9 Å². The molecule has 0 saturated heterocycles. The minimum Gasteiger partial charge on any atom is -0.469 e. The highest BCUT2D eigenvalue weighted by Crippen LogP contribution is 2.30. The van der Waals surface area contributed by atoms with Gasteiger partial charge in [-0.3, -0.25) is 4.79 Å². The van der Waals surface area contributed by atoms with Crippen LogP contribution in [-0.4, -0.2) is 23.6 Å². The summed E-state index contributed by atoms with van der Waals surface area (Å²) in [5, 5.41) is 2.94. The number of esters is 1. The maximum atomic E-state index is 11.3. The summed E-state index contributed by atoms with van der Waals surface area (Å²) >= 11 is 1.56. The first kappa shape index (κ1) is 13.1. The molecule has 0 bridgehead atoms. The van der Waals surface area contributed by atoms with Crippen LogP contribution in [0.2, 0.25) is 0 Å². The van der Waals surface area contributed by atoms with Gasteiger partial charge in [0.25, 0.3) is 0 Å². The van der Waals surface area contributed by atoms with Crippen molar-refractivity contribution in [3.05, 3.63) is 16.1 Å². The Bertz CT molecular complexity index is 368. The van der Waals surface area contributed by atoms with E-state index >= 15 is 0 Å². The van der Waals surface area contributed by atoms with E-state index in [4.69, 9.17) is 5.73 Å². The molecule has 1 rings (SSSR count). The summed E-state index contributed by atoms with van der Waals surface area (Å²) in [5.74, 6) is -0.362. The van der Waals surface area contributed by atoms with Crippen LogP contribution in [0.25, 0.3) is 0 Å². The number of aryl methyl sites for hydroxylation is 1. The largest absolute Gasteiger partial charge is 0.469 e. The Morgan fingerprint density at radius 1 is 1.69 bits per heavy atom. The summed E-state index contributed by atoms with van der Waals surface area (Å²) in [6, 6.07) is 0. The average Bonchev–Trinajstić information content (AvgIpc) is 2.58. The van der Waals surface area contributed by atoms with Crippen molar-refractivity contribution in [2.45, 2.75) is 38.6 Å². The fourth-order valence-electron chi connectivity index (χ4n) is 1.54. The number of rotatable bonds is 4. The molecule has 16 heavy (non-hydrogen) atoms. The lowest BCUT2D eigenvalue weighted by atomic mass is 9.84. The highest BCUT2D eigenvalue weighted by molar-refractivity contribution is 7.09. The molecule has 90 valence electrons. The van der Waals surface area contributed by atoms with Gasteiger partial charge in [-0.25, -0.2) is 4.98 Å². The molecular weight excluding hydrogens is 224 g/mol. The molecule has 0 fully saturated rings. The number of hydrogen-bond acceptors (Lipinski definition) is 5. The molecule has 2 N–H and O–H groups in total. The number of thiazole rings is 1. The minimum absolute atomic E-state index is 0.107. The van der Waals surface area contributed by atoms with Gasteiger partial charge in [0.1, 0.15) is 0 Å². The molecule has 0 radical (unpaired) electrons. The first-order valence-electron chi connectivity index (χ1n) is 5.12. The molecule has 0 amide bonds. The predicted molar refractivity (Wildman–Crippen MR) is 64.5 cm³/mol. The Morgan fingerprint density at radius 3 is 2.69 bits per heavy atom. The summed E-state index contributed by atoms with van der Waals surface area (Å²) in [6.07, 6.45) is 0.267. The minimum atomic E-state index is -0.491. The lowest BCUT2D eigenvalue weighted by Crippen LogP contribution is -2.40. The molecule has 0 spiro atoms. The number of carbonyl (C=O) groups is 1. The Balaban J connectivity index is 2.92. The lowest BCUT2D eigenvalue weighted by Gasteiger charge is -2.28. The SMILES string of the molecule is COC(=O)CC(c1csc(C)n1)C(C)(C)N. The molecule has 0 aliphatic rings. The van der Waals surface area contributed by atoms with Gasteiger partial charge in [0.05, 0.1) is 24.2 Å². The van der Waals surface area contributed by atoms with Crippen molar-refractivity contribution in [2.75, 3.05) is 7.11 Å². The lowest BCUT2D eigenvalue weighted by molar-refractivity contribution is -0.141. The van der Waals surface area contributed by atoms with Crippen LogP contribution in [0, 0.1) is 6.92 Å². The molecule has 0 aliphatic heterocycles. The summed E-state index contributed by atoms with van der Waals surface area (Å²) in [5.41, 5.74) is 6.46. The maximum Gasteiger partial charge on any atom is 0.306 e. The molecule has 1 aromatic heterocycles. The van der Waals surface area contributed by atoms with Crippen molar-refractivity contribution in [1.29, 1.82) is 0 Å². The van der Waals surface area contributed by atoms with Gasteiger partial charge in [0.2, 0.25) is 0 Å². The van der Waals surface area contributed by atoms with Crippen molar-refractivity contribution in [1.82, 2.24) is 4.98 Å². The Labute approximate surface area is 99.8 Å². The zero-order chi connectivity index (χ0) is 12.3. The van der Waals surface area contributed by atoms with Crippen LogP contribution < -0.4 is 5.73 Å². The van der Waals surface area contributed by atoms with Crippen molar-refractivity contribution in [3.63, 3.8) is 0 Å². The summed E-state index contributed by atoms with van der Waals surface area (Å²) < 4.78 is 4.69. The van der Waals surface area contributed by atoms with E-state index < -0.39 is 5.54 Å². The second-order valence-electron chi connectivity index (χ2n) is 4.45. The molecule has 5 heteroatoms. The molecule has 1 atom stereocenters. The smallest absolute Gasteiger partial charge is 0.306 e. The van der Waals surface area contributed by atoms with Gasteiger partial charge in [-0.05, 0) is 20.8 Å². The third-order valence-electron chi connectivity index (χ3n) is 2.49. The Morgan fingerprint density at radius 2 is 2.31 bits per heavy atom. The third kappa shape index (κ3) is 3.28. The van der Waals surface area contributed by atoms with E-state index in [9.17, 15) is 4.79 Å². The second-order valence-corrected chi connectivity index (χ2v) is 5.51. The topological polar surface area (TPSA) is 65.2 Å². The van der Waals surface area contributed by atoms with Gasteiger partial charge in [0, 0.05) is 16.8 Å². The van der Waals surface area contributed by atoms with Gasteiger partial charge < -0.3 is 10.5 Å². The van der Waals surface area contributed by atoms with Gasteiger partial charge in [-0.15, -0.1) is 11.3 Å². The Kier molecular flexibility index (Phi) is 4.04. The van der Waals surface area contributed by atoms with Crippen molar-refractivity contribution in [2.24, 2.45) is 5.73 Å². The van der Waals surface area contributed by atoms with Crippen LogP contribution in [0.3, 0.4) is 0 Å². The second kappa shape index (κ2) is 4.93. The fourth-order valence-corrected chi connectivity index (χ4v) is 2.21. The van der Waals surface area contributed by atoms with Crippen molar-refractivity contribution < 1.29 is 9.53 Å². The molecule has 1 aromatic rings. The van der Waals surface area contributed by atoms with Gasteiger partial charge in [0.15, 0.2) is 0 Å². The number of nitrogens with two attached hydrogens (primary N) is 1. The average molecular weight is 242 g/mol. The highest BCUT2D eigenvalue weighted by atomic mass is 32.1. The van der Waals surface area contributed by atoms with E-state index in [-0.39, 0.29) is 18.3 Å². The van der Waals surface area contributed by atoms with Crippen molar-refractivity contribution in [3.8, 4) is 0 Å². The molecule has 4 nitrogen and oxygen atoms in total. The summed E-state index contributed by atoms with van der Waals surface area (Å²) in [6.45, 7) is 5.73. The van der Waals surface area contributed by atoms with Crippen molar-refractivity contribution >= 4 is 17.3 Å². The zero-order valence-electron chi connectivity index (χ0n) is 10.1. The number of aromatic nitrogens is 1. The van der Waals surface area contributed by atoms with Gasteiger partial charge in [-0.2, -0.15) is 0 Å². The third-order valence-corrected chi connectivity index (χ3v) is 3.28. The normalized spacial score (nSPS) is 13.6. The summed E-state index contributed by atoms with van der Waals surface area (Å²) in [4.78, 5) is 15.7. The van der Waals surface area contributed by atoms with Crippen LogP contribution in [-0.2, 0) is 9.53 Å². The number of carbonyl (C=O) groups excluding carboxylic acids is 1. The van der Waals surface area contributed by atoms with Gasteiger partial charge in [-0.1, -0.05) is 0 Å². The number of ether oxygens (including phenoxy) is 1. The Hall–Kier alpha value is -0.940. The van der Waals surface area contributed by atoms with E-state index in [1.807, 2.05) is 26.2 Å². The fraction of sp³-hybridized carbons (Fsp3) is 0.636. The van der Waals surface area contributed by atoms with E-state index in [0.717, 1.165) is 10.7 Å². The number of nitrogens with zero attached hydrogens (tertiary/aromatic N) is 1. The standard InChI is InChI=1S/C11H18N2O2S/c1-7-13-9(6-16-7)8(11(2,3)12)5-10(14)15-4/h6,8H,5,12H2,1-4H3. The molecule has 0 aromatic carbocycles. The van der Waals surface area contributed by atoms with E-state index in [2.05, 4.69) is 9.72 Å². The molecule has 0 saturated carbocycles. The molecule has 1 unspecified atom stereocenters. The number of methoxy groups -OCH3 is 1.